The number of nitrogens with two attached hydrogens (primary N) is 1. The van der Waals surface area contributed by atoms with Crippen LogP contribution < -0.4 is 10.5 Å². The molecule has 0 aliphatic rings. The van der Waals surface area contributed by atoms with Gasteiger partial charge in [-0.05, 0) is 12.1 Å². The van der Waals surface area contributed by atoms with Crippen LogP contribution in [-0.2, 0) is 17.1 Å². The Balaban J connectivity index is 2.38. The van der Waals surface area contributed by atoms with E-state index in [-0.39, 0.29) is 22.1 Å². The van der Waals surface area contributed by atoms with Crippen LogP contribution in [-0.4, -0.2) is 23.1 Å². The van der Waals surface area contributed by atoms with Gasteiger partial charge in [-0.2, -0.15) is 5.10 Å². The van der Waals surface area contributed by atoms with Crippen molar-refractivity contribution in [2.75, 3.05) is 10.5 Å². The SMILES string of the molecule is Cn1nccc1NS(=O)(=O)c1ccc([N+](=O)[O-])c(N)c1. The number of rotatable bonds is 4. The van der Waals surface area contributed by atoms with Gasteiger partial charge in [0.25, 0.3) is 15.7 Å². The fourth-order valence-corrected chi connectivity index (χ4v) is 2.66. The van der Waals surface area contributed by atoms with Gasteiger partial charge in [0.05, 0.1) is 16.0 Å². The van der Waals surface area contributed by atoms with Crippen LogP contribution in [0.3, 0.4) is 0 Å². The van der Waals surface area contributed by atoms with Gasteiger partial charge in [0.1, 0.15) is 11.5 Å². The van der Waals surface area contributed by atoms with Crippen LogP contribution in [0.4, 0.5) is 17.2 Å². The molecular weight excluding hydrogens is 286 g/mol. The van der Waals surface area contributed by atoms with Crippen LogP contribution in [0.15, 0.2) is 35.4 Å². The van der Waals surface area contributed by atoms with E-state index >= 15 is 0 Å². The van der Waals surface area contributed by atoms with E-state index < -0.39 is 14.9 Å². The first-order valence-corrected chi connectivity index (χ1v) is 6.84. The molecule has 0 aliphatic carbocycles. The highest BCUT2D eigenvalue weighted by Crippen LogP contribution is 2.25. The second-order valence-electron chi connectivity index (χ2n) is 3.92. The fraction of sp³-hybridized carbons (Fsp3) is 0.100. The van der Waals surface area contributed by atoms with E-state index in [0.29, 0.717) is 0 Å². The maximum Gasteiger partial charge on any atom is 0.292 e. The number of hydrogen-bond acceptors (Lipinski definition) is 6. The Morgan fingerprint density at radius 3 is 2.60 bits per heavy atom. The molecule has 1 aromatic carbocycles. The summed E-state index contributed by atoms with van der Waals surface area (Å²) in [7, 11) is -2.31. The van der Waals surface area contributed by atoms with Crippen molar-refractivity contribution in [2.24, 2.45) is 7.05 Å². The molecule has 0 radical (unpaired) electrons. The number of nitrogens with zero attached hydrogens (tertiary/aromatic N) is 3. The van der Waals surface area contributed by atoms with Gasteiger partial charge in [0.2, 0.25) is 0 Å². The second kappa shape index (κ2) is 4.81. The maximum atomic E-state index is 12.1. The first-order valence-electron chi connectivity index (χ1n) is 5.36. The van der Waals surface area contributed by atoms with Gasteiger partial charge in [-0.25, -0.2) is 8.42 Å². The smallest absolute Gasteiger partial charge is 0.292 e. The number of benzene rings is 1. The van der Waals surface area contributed by atoms with Crippen LogP contribution in [0.5, 0.6) is 0 Å². The van der Waals surface area contributed by atoms with Crippen LogP contribution in [0.25, 0.3) is 0 Å². The van der Waals surface area contributed by atoms with Crippen LogP contribution in [0.2, 0.25) is 0 Å². The average Bonchev–Trinajstić information content (AvgIpc) is 2.73. The summed E-state index contributed by atoms with van der Waals surface area (Å²) in [4.78, 5) is 9.79. The third-order valence-electron chi connectivity index (χ3n) is 2.57. The molecule has 20 heavy (non-hydrogen) atoms. The molecule has 1 heterocycles. The summed E-state index contributed by atoms with van der Waals surface area (Å²) in [6, 6.07) is 4.68. The molecule has 10 heteroatoms. The lowest BCUT2D eigenvalue weighted by Crippen LogP contribution is -2.15. The third-order valence-corrected chi connectivity index (χ3v) is 3.92. The van der Waals surface area contributed by atoms with Crippen molar-refractivity contribution in [3.63, 3.8) is 0 Å². The highest BCUT2D eigenvalue weighted by molar-refractivity contribution is 7.92. The van der Waals surface area contributed by atoms with Gasteiger partial charge < -0.3 is 5.73 Å². The van der Waals surface area contributed by atoms with Crippen molar-refractivity contribution in [3.05, 3.63) is 40.6 Å². The minimum Gasteiger partial charge on any atom is -0.393 e. The molecule has 0 amide bonds. The Kier molecular flexibility index (Phi) is 3.32. The highest BCUT2D eigenvalue weighted by atomic mass is 32.2. The number of sulfonamides is 1. The minimum absolute atomic E-state index is 0.165. The standard InChI is InChI=1S/C10H11N5O4S/c1-14-10(4-5-12-14)13-20(18,19)7-2-3-9(15(16)17)8(11)6-7/h2-6,13H,11H2,1H3. The van der Waals surface area contributed by atoms with Crippen molar-refractivity contribution in [3.8, 4) is 0 Å². The van der Waals surface area contributed by atoms with E-state index in [4.69, 9.17) is 5.73 Å². The summed E-state index contributed by atoms with van der Waals surface area (Å²) in [6.07, 6.45) is 1.43. The monoisotopic (exact) mass is 297 g/mol. The molecule has 9 nitrogen and oxygen atoms in total. The number of aromatic nitrogens is 2. The molecule has 3 N–H and O–H groups in total. The zero-order valence-corrected chi connectivity index (χ0v) is 11.2. The highest BCUT2D eigenvalue weighted by Gasteiger charge is 2.20. The lowest BCUT2D eigenvalue weighted by Gasteiger charge is -2.08. The van der Waals surface area contributed by atoms with Crippen LogP contribution >= 0.6 is 0 Å². The number of nitrogens with one attached hydrogen (secondary N) is 1. The molecule has 0 spiro atoms. The number of aryl methyl sites for hydroxylation is 1. The van der Waals surface area contributed by atoms with Crippen molar-refractivity contribution >= 4 is 27.2 Å². The van der Waals surface area contributed by atoms with E-state index in [1.165, 1.54) is 16.9 Å². The molecule has 0 bridgehead atoms. The Morgan fingerprint density at radius 1 is 1.40 bits per heavy atom. The summed E-state index contributed by atoms with van der Waals surface area (Å²) in [6.45, 7) is 0. The quantitative estimate of drug-likeness (QED) is 0.485. The van der Waals surface area contributed by atoms with E-state index in [9.17, 15) is 18.5 Å². The Bertz CT molecular complexity index is 768. The molecule has 0 unspecified atom stereocenters. The number of nitrogen functional groups attached to an aromatic ring is 1. The lowest BCUT2D eigenvalue weighted by molar-refractivity contribution is -0.383. The molecular formula is C10H11N5O4S. The van der Waals surface area contributed by atoms with E-state index in [2.05, 4.69) is 9.82 Å². The summed E-state index contributed by atoms with van der Waals surface area (Å²) < 4.78 is 27.9. The molecule has 2 aromatic rings. The molecule has 106 valence electrons. The molecule has 0 saturated carbocycles. The predicted octanol–water partition coefficient (Wildman–Crippen LogP) is 0.711. The minimum atomic E-state index is -3.88. The maximum absolute atomic E-state index is 12.1. The van der Waals surface area contributed by atoms with E-state index in [1.807, 2.05) is 0 Å². The molecule has 0 atom stereocenters. The van der Waals surface area contributed by atoms with Crippen molar-refractivity contribution in [1.29, 1.82) is 0 Å². The number of nitro benzene ring substituents is 1. The normalized spacial score (nSPS) is 11.2. The Morgan fingerprint density at radius 2 is 2.10 bits per heavy atom. The summed E-state index contributed by atoms with van der Waals surface area (Å²) in [5.41, 5.74) is 4.91. The first kappa shape index (κ1) is 13.8. The van der Waals surface area contributed by atoms with Gasteiger partial charge >= 0.3 is 0 Å². The Labute approximate surface area is 114 Å². The fourth-order valence-electron chi connectivity index (χ4n) is 1.54. The Hall–Kier alpha value is -2.62. The van der Waals surface area contributed by atoms with Crippen LogP contribution in [0.1, 0.15) is 0 Å². The third kappa shape index (κ3) is 2.54. The van der Waals surface area contributed by atoms with Gasteiger partial charge in [-0.15, -0.1) is 0 Å². The number of anilines is 2. The van der Waals surface area contributed by atoms with Crippen molar-refractivity contribution < 1.29 is 13.3 Å². The summed E-state index contributed by atoms with van der Waals surface area (Å²) >= 11 is 0. The topological polar surface area (TPSA) is 133 Å². The summed E-state index contributed by atoms with van der Waals surface area (Å²) in [5.74, 6) is 0.266. The summed E-state index contributed by atoms with van der Waals surface area (Å²) in [5, 5.41) is 14.5. The van der Waals surface area contributed by atoms with E-state index in [0.717, 1.165) is 18.2 Å². The van der Waals surface area contributed by atoms with Crippen LogP contribution in [0, 0.1) is 10.1 Å². The van der Waals surface area contributed by atoms with E-state index in [1.54, 1.807) is 7.05 Å². The zero-order chi connectivity index (χ0) is 14.9. The molecule has 2 rings (SSSR count). The molecule has 0 saturated heterocycles. The first-order chi connectivity index (χ1) is 9.31. The van der Waals surface area contributed by atoms with Crippen molar-refractivity contribution in [1.82, 2.24) is 9.78 Å². The average molecular weight is 297 g/mol. The molecule has 1 aromatic heterocycles. The van der Waals surface area contributed by atoms with Crippen molar-refractivity contribution in [2.45, 2.75) is 4.90 Å². The largest absolute Gasteiger partial charge is 0.393 e. The zero-order valence-electron chi connectivity index (χ0n) is 10.3. The number of hydrogen-bond donors (Lipinski definition) is 2. The van der Waals surface area contributed by atoms with Gasteiger partial charge in [-0.3, -0.25) is 19.5 Å². The molecule has 0 fully saturated rings. The van der Waals surface area contributed by atoms with Gasteiger partial charge in [-0.1, -0.05) is 0 Å². The number of nitro groups is 1. The van der Waals surface area contributed by atoms with Gasteiger partial charge in [0.15, 0.2) is 0 Å². The van der Waals surface area contributed by atoms with Gasteiger partial charge in [0, 0.05) is 19.2 Å². The predicted molar refractivity (Wildman–Crippen MR) is 71.5 cm³/mol. The second-order valence-corrected chi connectivity index (χ2v) is 5.61. The molecule has 0 aliphatic heterocycles. The lowest BCUT2D eigenvalue weighted by atomic mass is 10.3.